The smallest absolute Gasteiger partial charge is 0.404 e. The van der Waals surface area contributed by atoms with Crippen LogP contribution in [0.3, 0.4) is 0 Å². The van der Waals surface area contributed by atoms with Gasteiger partial charge in [0.15, 0.2) is 5.75 Å². The standard InChI is InChI=1S/C21H26F3N3O4S/c1-5-7-16(6-2)20(3,4)27-12-10-26(11-13-27)19(28)15-8-9-17(25-32(29)30)18(14-15)31-21(22,23)24/h5-9,14,32H,1-2,10-13H2,3-4H3,(H,25,29,30)/b16-7+. The molecule has 1 N–H and O–H groups in total. The molecule has 1 heterocycles. The maximum Gasteiger partial charge on any atom is 0.573 e. The van der Waals surface area contributed by atoms with Gasteiger partial charge in [-0.2, -0.15) is 0 Å². The van der Waals surface area contributed by atoms with Crippen molar-refractivity contribution < 1.29 is 31.1 Å². The number of benzene rings is 1. The fourth-order valence-electron chi connectivity index (χ4n) is 3.54. The summed E-state index contributed by atoms with van der Waals surface area (Å²) in [6.07, 6.45) is 0.261. The van der Waals surface area contributed by atoms with E-state index in [1.54, 1.807) is 12.2 Å². The van der Waals surface area contributed by atoms with E-state index in [-0.39, 0.29) is 11.1 Å². The molecule has 0 atom stereocenters. The molecular weight excluding hydrogens is 447 g/mol. The Morgan fingerprint density at radius 3 is 2.28 bits per heavy atom. The number of halogens is 3. The Balaban J connectivity index is 2.19. The normalized spacial score (nSPS) is 16.1. The number of amides is 1. The summed E-state index contributed by atoms with van der Waals surface area (Å²) in [5.41, 5.74) is 0.178. The number of nitrogens with one attached hydrogen (secondary N) is 1. The molecule has 0 unspecified atom stereocenters. The molecule has 0 bridgehead atoms. The number of nitrogens with zero attached hydrogens (tertiary/aromatic N) is 2. The number of carbonyl (C=O) groups excluding carboxylic acids is 1. The van der Waals surface area contributed by atoms with Gasteiger partial charge in [0.25, 0.3) is 5.91 Å². The highest BCUT2D eigenvalue weighted by molar-refractivity contribution is 7.73. The van der Waals surface area contributed by atoms with Crippen molar-refractivity contribution in [3.05, 3.63) is 60.7 Å². The topological polar surface area (TPSA) is 79.0 Å². The monoisotopic (exact) mass is 473 g/mol. The van der Waals surface area contributed by atoms with Crippen LogP contribution in [0.25, 0.3) is 0 Å². The minimum absolute atomic E-state index is 0.0398. The van der Waals surface area contributed by atoms with E-state index in [0.717, 1.165) is 17.7 Å². The Bertz CT molecular complexity index is 971. The van der Waals surface area contributed by atoms with Gasteiger partial charge in [0, 0.05) is 37.3 Å². The number of thiol groups is 1. The molecule has 7 nitrogen and oxygen atoms in total. The molecule has 1 aromatic carbocycles. The lowest BCUT2D eigenvalue weighted by Crippen LogP contribution is -2.56. The van der Waals surface area contributed by atoms with Gasteiger partial charge < -0.3 is 9.64 Å². The molecule has 0 saturated carbocycles. The SMILES string of the molecule is C=C/C=C(\C=C)C(C)(C)N1CCN(C(=O)c2ccc(N[SH](=O)=O)c(OC(F)(F)F)c2)CC1. The van der Waals surface area contributed by atoms with E-state index < -0.39 is 34.6 Å². The summed E-state index contributed by atoms with van der Waals surface area (Å²) in [6, 6.07) is 3.21. The van der Waals surface area contributed by atoms with Gasteiger partial charge in [0.1, 0.15) is 0 Å². The fourth-order valence-corrected chi connectivity index (χ4v) is 3.92. The zero-order chi connectivity index (χ0) is 24.1. The maximum atomic E-state index is 12.9. The molecule has 1 amide bonds. The largest absolute Gasteiger partial charge is 0.573 e. The fraction of sp³-hybridized carbons (Fsp3) is 0.381. The van der Waals surface area contributed by atoms with Crippen LogP contribution in [-0.4, -0.2) is 62.2 Å². The van der Waals surface area contributed by atoms with E-state index in [2.05, 4.69) is 22.8 Å². The molecule has 1 aliphatic rings. The van der Waals surface area contributed by atoms with E-state index >= 15 is 0 Å². The second kappa shape index (κ2) is 10.2. The Morgan fingerprint density at radius 2 is 1.78 bits per heavy atom. The van der Waals surface area contributed by atoms with E-state index in [0.29, 0.717) is 26.2 Å². The highest BCUT2D eigenvalue weighted by atomic mass is 32.2. The molecule has 176 valence electrons. The molecule has 0 radical (unpaired) electrons. The molecule has 0 aliphatic carbocycles. The van der Waals surface area contributed by atoms with Gasteiger partial charge in [-0.25, -0.2) is 8.42 Å². The number of piperazine rings is 1. The minimum atomic E-state index is -5.05. The first-order valence-corrected chi connectivity index (χ1v) is 10.9. The Labute approximate surface area is 186 Å². The third kappa shape index (κ3) is 6.36. The number of alkyl halides is 3. The number of allylic oxidation sites excluding steroid dienone is 2. The van der Waals surface area contributed by atoms with Crippen LogP contribution in [0.1, 0.15) is 24.2 Å². The summed E-state index contributed by atoms with van der Waals surface area (Å²) in [5, 5.41) is 0. The van der Waals surface area contributed by atoms with Gasteiger partial charge in [0.05, 0.1) is 5.69 Å². The van der Waals surface area contributed by atoms with Gasteiger partial charge >= 0.3 is 6.36 Å². The highest BCUT2D eigenvalue weighted by Crippen LogP contribution is 2.32. The zero-order valence-corrected chi connectivity index (χ0v) is 18.7. The second-order valence-corrected chi connectivity index (χ2v) is 8.27. The Kier molecular flexibility index (Phi) is 8.13. The van der Waals surface area contributed by atoms with Crippen LogP contribution in [0.2, 0.25) is 0 Å². The van der Waals surface area contributed by atoms with Gasteiger partial charge in [0.2, 0.25) is 10.9 Å². The number of hydrogen-bond acceptors (Lipinski definition) is 5. The van der Waals surface area contributed by atoms with Gasteiger partial charge in [-0.1, -0.05) is 31.4 Å². The quantitative estimate of drug-likeness (QED) is 0.447. The summed E-state index contributed by atoms with van der Waals surface area (Å²) in [5.74, 6) is -1.27. The van der Waals surface area contributed by atoms with Gasteiger partial charge in [-0.15, -0.1) is 13.2 Å². The molecule has 1 aromatic rings. The van der Waals surface area contributed by atoms with Crippen molar-refractivity contribution in [3.63, 3.8) is 0 Å². The molecule has 11 heteroatoms. The minimum Gasteiger partial charge on any atom is -0.404 e. The number of ether oxygens (including phenoxy) is 1. The highest BCUT2D eigenvalue weighted by Gasteiger charge is 2.35. The van der Waals surface area contributed by atoms with Crippen molar-refractivity contribution in [2.24, 2.45) is 0 Å². The molecule has 2 rings (SSSR count). The number of anilines is 1. The summed E-state index contributed by atoms with van der Waals surface area (Å²) in [7, 11) is -3.21. The first-order valence-electron chi connectivity index (χ1n) is 9.70. The molecule has 1 fully saturated rings. The van der Waals surface area contributed by atoms with Crippen molar-refractivity contribution in [3.8, 4) is 5.75 Å². The first kappa shape index (κ1) is 25.5. The third-order valence-electron chi connectivity index (χ3n) is 5.25. The molecule has 0 aromatic heterocycles. The van der Waals surface area contributed by atoms with Gasteiger partial charge in [-0.05, 0) is 37.6 Å². The second-order valence-electron chi connectivity index (χ2n) is 7.53. The third-order valence-corrected chi connectivity index (χ3v) is 5.67. The van der Waals surface area contributed by atoms with Crippen molar-refractivity contribution in [2.45, 2.75) is 25.7 Å². The maximum absolute atomic E-state index is 12.9. The summed E-state index contributed by atoms with van der Waals surface area (Å²) in [4.78, 5) is 16.6. The number of rotatable bonds is 8. The first-order chi connectivity index (χ1) is 14.9. The summed E-state index contributed by atoms with van der Waals surface area (Å²) >= 11 is 0. The molecular formula is C21H26F3N3O4S. The van der Waals surface area contributed by atoms with Crippen LogP contribution in [0.4, 0.5) is 18.9 Å². The van der Waals surface area contributed by atoms with Crippen LogP contribution in [0, 0.1) is 0 Å². The Morgan fingerprint density at radius 1 is 1.16 bits per heavy atom. The number of hydrogen-bond donors (Lipinski definition) is 2. The van der Waals surface area contributed by atoms with Crippen molar-refractivity contribution >= 4 is 22.5 Å². The van der Waals surface area contributed by atoms with E-state index in [9.17, 15) is 26.4 Å². The zero-order valence-electron chi connectivity index (χ0n) is 17.8. The van der Waals surface area contributed by atoms with E-state index in [1.165, 1.54) is 11.0 Å². The average molecular weight is 474 g/mol. The lowest BCUT2D eigenvalue weighted by atomic mass is 9.90. The van der Waals surface area contributed by atoms with Crippen LogP contribution < -0.4 is 9.46 Å². The van der Waals surface area contributed by atoms with Crippen LogP contribution >= 0.6 is 0 Å². The molecule has 32 heavy (non-hydrogen) atoms. The average Bonchev–Trinajstić information content (AvgIpc) is 2.71. The van der Waals surface area contributed by atoms with E-state index in [1.807, 2.05) is 24.6 Å². The number of carbonyl (C=O) groups is 1. The predicted octanol–water partition coefficient (Wildman–Crippen LogP) is 3.36. The van der Waals surface area contributed by atoms with Crippen molar-refractivity contribution in [1.29, 1.82) is 0 Å². The molecule has 1 saturated heterocycles. The van der Waals surface area contributed by atoms with E-state index in [4.69, 9.17) is 0 Å². The lowest BCUT2D eigenvalue weighted by molar-refractivity contribution is -0.274. The Hall–Kier alpha value is -2.79. The van der Waals surface area contributed by atoms with Crippen LogP contribution in [0.15, 0.2) is 55.2 Å². The molecule has 0 spiro atoms. The van der Waals surface area contributed by atoms with Crippen molar-refractivity contribution in [2.75, 3.05) is 30.9 Å². The summed E-state index contributed by atoms with van der Waals surface area (Å²) in [6.45, 7) is 13.4. The van der Waals surface area contributed by atoms with Crippen molar-refractivity contribution in [1.82, 2.24) is 9.80 Å². The summed E-state index contributed by atoms with van der Waals surface area (Å²) < 4.78 is 65.7. The molecule has 1 aliphatic heterocycles. The van der Waals surface area contributed by atoms with Crippen LogP contribution in [0.5, 0.6) is 5.75 Å². The predicted molar refractivity (Wildman–Crippen MR) is 117 cm³/mol. The lowest BCUT2D eigenvalue weighted by Gasteiger charge is -2.44. The van der Waals surface area contributed by atoms with Gasteiger partial charge in [-0.3, -0.25) is 14.4 Å². The van der Waals surface area contributed by atoms with Crippen LogP contribution in [-0.2, 0) is 10.9 Å².